The molecule has 1 aliphatic carbocycles. The van der Waals surface area contributed by atoms with Crippen molar-refractivity contribution in [3.63, 3.8) is 0 Å². The molecule has 0 saturated heterocycles. The topological polar surface area (TPSA) is 113 Å². The van der Waals surface area contributed by atoms with Gasteiger partial charge >= 0.3 is 0 Å². The molecule has 9 nitrogen and oxygen atoms in total. The molecule has 3 aromatic rings. The Hall–Kier alpha value is -3.25. The van der Waals surface area contributed by atoms with Gasteiger partial charge in [-0.2, -0.15) is 8.61 Å². The number of ether oxygens (including phenoxy) is 1. The smallest absolute Gasteiger partial charge is 0.243 e. The van der Waals surface area contributed by atoms with Crippen LogP contribution in [0.5, 0.6) is 5.75 Å². The van der Waals surface area contributed by atoms with Crippen molar-refractivity contribution in [3.05, 3.63) is 84.4 Å². The molecule has 1 fully saturated rings. The van der Waals surface area contributed by atoms with Crippen LogP contribution in [0.1, 0.15) is 37.7 Å². The van der Waals surface area contributed by atoms with Gasteiger partial charge in [0.25, 0.3) is 0 Å². The normalized spacial score (nSPS) is 14.8. The van der Waals surface area contributed by atoms with Gasteiger partial charge in [0.1, 0.15) is 5.75 Å². The maximum atomic E-state index is 13.8. The molecule has 1 N–H and O–H groups in total. The molecular weight excluding hydrogens is 550 g/mol. The molecular formula is C29H35N3O6S2. The number of rotatable bonds is 11. The molecule has 0 heterocycles. The number of hydrogen-bond donors (Lipinski definition) is 1. The highest BCUT2D eigenvalue weighted by molar-refractivity contribution is 7.89. The van der Waals surface area contributed by atoms with Crippen LogP contribution in [0, 0.1) is 0 Å². The first-order chi connectivity index (χ1) is 19.1. The minimum atomic E-state index is -4.17. The Morgan fingerprint density at radius 2 is 1.40 bits per heavy atom. The highest BCUT2D eigenvalue weighted by Crippen LogP contribution is 2.28. The van der Waals surface area contributed by atoms with E-state index in [4.69, 9.17) is 4.74 Å². The van der Waals surface area contributed by atoms with E-state index >= 15 is 0 Å². The number of carbonyl (C=O) groups is 1. The van der Waals surface area contributed by atoms with Crippen molar-refractivity contribution in [2.75, 3.05) is 26.0 Å². The molecule has 1 saturated carbocycles. The van der Waals surface area contributed by atoms with E-state index in [1.807, 2.05) is 6.07 Å². The highest BCUT2D eigenvalue weighted by Gasteiger charge is 2.31. The zero-order chi connectivity index (χ0) is 28.8. The Bertz CT molecular complexity index is 1490. The third kappa shape index (κ3) is 7.08. The lowest BCUT2D eigenvalue weighted by molar-refractivity contribution is -0.116. The molecule has 0 radical (unpaired) electrons. The summed E-state index contributed by atoms with van der Waals surface area (Å²) in [4.78, 5) is 12.8. The molecule has 1 aliphatic rings. The van der Waals surface area contributed by atoms with Gasteiger partial charge in [-0.05, 0) is 66.9 Å². The molecule has 0 aromatic heterocycles. The van der Waals surface area contributed by atoms with Crippen LogP contribution in [-0.4, -0.2) is 58.1 Å². The summed E-state index contributed by atoms with van der Waals surface area (Å²) in [7, 11) is -4.83. The van der Waals surface area contributed by atoms with Crippen LogP contribution in [0.2, 0.25) is 0 Å². The van der Waals surface area contributed by atoms with E-state index in [1.54, 1.807) is 55.6 Å². The van der Waals surface area contributed by atoms with Crippen LogP contribution in [0.4, 0.5) is 5.69 Å². The lowest BCUT2D eigenvalue weighted by Gasteiger charge is -2.30. The molecule has 0 aliphatic heterocycles. The van der Waals surface area contributed by atoms with Gasteiger partial charge in [0.05, 0.1) is 23.4 Å². The Kier molecular flexibility index (Phi) is 9.62. The first-order valence-electron chi connectivity index (χ1n) is 13.2. The van der Waals surface area contributed by atoms with Crippen molar-refractivity contribution in [1.82, 2.24) is 8.61 Å². The van der Waals surface area contributed by atoms with Crippen LogP contribution < -0.4 is 10.1 Å². The first-order valence-corrected chi connectivity index (χ1v) is 16.1. The third-order valence-corrected chi connectivity index (χ3v) is 10.9. The minimum Gasteiger partial charge on any atom is -0.497 e. The number of carbonyl (C=O) groups excluding carboxylic acids is 1. The quantitative estimate of drug-likeness (QED) is 0.355. The van der Waals surface area contributed by atoms with Gasteiger partial charge in [0, 0.05) is 25.3 Å². The number of nitrogens with zero attached hydrogens (tertiary/aromatic N) is 2. The number of amides is 1. The zero-order valence-electron chi connectivity index (χ0n) is 22.7. The SMILES string of the molecule is COc1ccc(CN(CC(=O)Nc2ccccc2)S(=O)(=O)c2ccc(S(=O)(=O)N(C)C3CCCCC3)cc2)cc1. The summed E-state index contributed by atoms with van der Waals surface area (Å²) in [6, 6.07) is 20.8. The summed E-state index contributed by atoms with van der Waals surface area (Å²) >= 11 is 0. The molecule has 40 heavy (non-hydrogen) atoms. The molecule has 4 rings (SSSR count). The Labute approximate surface area is 236 Å². The van der Waals surface area contributed by atoms with Crippen molar-refractivity contribution in [2.24, 2.45) is 0 Å². The molecule has 3 aromatic carbocycles. The zero-order valence-corrected chi connectivity index (χ0v) is 24.3. The Morgan fingerprint density at radius 1 is 0.825 bits per heavy atom. The van der Waals surface area contributed by atoms with Gasteiger partial charge in [0.2, 0.25) is 26.0 Å². The van der Waals surface area contributed by atoms with Crippen LogP contribution in [-0.2, 0) is 31.4 Å². The number of hydrogen-bond acceptors (Lipinski definition) is 6. The summed E-state index contributed by atoms with van der Waals surface area (Å²) in [5.41, 5.74) is 1.20. The van der Waals surface area contributed by atoms with Crippen molar-refractivity contribution in [1.29, 1.82) is 0 Å². The monoisotopic (exact) mass is 585 g/mol. The average molecular weight is 586 g/mol. The third-order valence-electron chi connectivity index (χ3n) is 7.12. The molecule has 0 atom stereocenters. The number of para-hydroxylation sites is 1. The molecule has 214 valence electrons. The summed E-state index contributed by atoms with van der Waals surface area (Å²) in [5.74, 6) is 0.117. The van der Waals surface area contributed by atoms with Gasteiger partial charge < -0.3 is 10.1 Å². The fraction of sp³-hybridized carbons (Fsp3) is 0.345. The van der Waals surface area contributed by atoms with Gasteiger partial charge in [-0.1, -0.05) is 49.6 Å². The Morgan fingerprint density at radius 3 is 1.98 bits per heavy atom. The van der Waals surface area contributed by atoms with E-state index in [9.17, 15) is 21.6 Å². The molecule has 1 amide bonds. The predicted molar refractivity (Wildman–Crippen MR) is 154 cm³/mol. The summed E-state index contributed by atoms with van der Waals surface area (Å²) in [5, 5.41) is 2.72. The number of nitrogens with one attached hydrogen (secondary N) is 1. The maximum Gasteiger partial charge on any atom is 0.243 e. The standard InChI is InChI=1S/C29H35N3O6S2/c1-31(25-11-7-4-8-12-25)39(34,35)27-17-19-28(20-18-27)40(36,37)32(21-23-13-15-26(38-2)16-14-23)22-29(33)30-24-9-5-3-6-10-24/h3,5-6,9-10,13-20,25H,4,7-8,11-12,21-22H2,1-2H3,(H,30,33). The fourth-order valence-corrected chi connectivity index (χ4v) is 7.58. The van der Waals surface area contributed by atoms with E-state index in [1.165, 1.54) is 35.7 Å². The number of anilines is 1. The van der Waals surface area contributed by atoms with Gasteiger partial charge in [-0.15, -0.1) is 0 Å². The molecule has 11 heteroatoms. The van der Waals surface area contributed by atoms with Crippen LogP contribution >= 0.6 is 0 Å². The van der Waals surface area contributed by atoms with Crippen LogP contribution in [0.3, 0.4) is 0 Å². The van der Waals surface area contributed by atoms with Crippen LogP contribution in [0.25, 0.3) is 0 Å². The number of sulfonamides is 2. The fourth-order valence-electron chi connectivity index (χ4n) is 4.78. The molecule has 0 unspecified atom stereocenters. The second-order valence-electron chi connectivity index (χ2n) is 9.82. The lowest BCUT2D eigenvalue weighted by atomic mass is 9.96. The summed E-state index contributed by atoms with van der Waals surface area (Å²) in [6.45, 7) is -0.507. The van der Waals surface area contributed by atoms with Crippen LogP contribution in [0.15, 0.2) is 88.7 Å². The van der Waals surface area contributed by atoms with E-state index < -0.39 is 32.5 Å². The number of benzene rings is 3. The molecule has 0 spiro atoms. The van der Waals surface area contributed by atoms with E-state index in [0.717, 1.165) is 36.4 Å². The van der Waals surface area contributed by atoms with Crippen molar-refractivity contribution < 1.29 is 26.4 Å². The summed E-state index contributed by atoms with van der Waals surface area (Å²) < 4.78 is 61.6. The van der Waals surface area contributed by atoms with E-state index in [0.29, 0.717) is 17.0 Å². The first kappa shape index (κ1) is 29.7. The predicted octanol–water partition coefficient (Wildman–Crippen LogP) is 4.48. The largest absolute Gasteiger partial charge is 0.497 e. The lowest BCUT2D eigenvalue weighted by Crippen LogP contribution is -2.38. The van der Waals surface area contributed by atoms with Gasteiger partial charge in [-0.3, -0.25) is 4.79 Å². The molecule has 0 bridgehead atoms. The summed E-state index contributed by atoms with van der Waals surface area (Å²) in [6.07, 6.45) is 4.71. The number of methoxy groups -OCH3 is 1. The van der Waals surface area contributed by atoms with Gasteiger partial charge in [-0.25, -0.2) is 16.8 Å². The van der Waals surface area contributed by atoms with E-state index in [-0.39, 0.29) is 22.4 Å². The van der Waals surface area contributed by atoms with Crippen molar-refractivity contribution in [2.45, 2.75) is 54.5 Å². The van der Waals surface area contributed by atoms with E-state index in [2.05, 4.69) is 5.32 Å². The minimum absolute atomic E-state index is 0.0306. The average Bonchev–Trinajstić information content (AvgIpc) is 2.97. The van der Waals surface area contributed by atoms with Crippen molar-refractivity contribution >= 4 is 31.6 Å². The Balaban J connectivity index is 1.58. The second-order valence-corrected chi connectivity index (χ2v) is 13.8. The van der Waals surface area contributed by atoms with Crippen molar-refractivity contribution in [3.8, 4) is 5.75 Å². The maximum absolute atomic E-state index is 13.8. The highest BCUT2D eigenvalue weighted by atomic mass is 32.2. The van der Waals surface area contributed by atoms with Gasteiger partial charge in [0.15, 0.2) is 0 Å². The second kappa shape index (κ2) is 12.9.